The molecule has 2 N–H and O–H groups in total. The molecule has 19 heavy (non-hydrogen) atoms. The summed E-state index contributed by atoms with van der Waals surface area (Å²) >= 11 is 0. The summed E-state index contributed by atoms with van der Waals surface area (Å²) < 4.78 is 10.8. The van der Waals surface area contributed by atoms with Crippen LogP contribution >= 0.6 is 0 Å². The fourth-order valence-corrected chi connectivity index (χ4v) is 2.36. The fourth-order valence-electron chi connectivity index (χ4n) is 2.36. The molecule has 1 aromatic carbocycles. The molecule has 4 heteroatoms. The van der Waals surface area contributed by atoms with Crippen LogP contribution in [-0.2, 0) is 4.74 Å². The Labute approximate surface area is 115 Å². The van der Waals surface area contributed by atoms with Crippen LogP contribution in [0, 0.1) is 0 Å². The van der Waals surface area contributed by atoms with Gasteiger partial charge in [-0.1, -0.05) is 0 Å². The van der Waals surface area contributed by atoms with Gasteiger partial charge in [-0.15, -0.1) is 0 Å². The van der Waals surface area contributed by atoms with Crippen LogP contribution in [0.4, 0.5) is 5.69 Å². The van der Waals surface area contributed by atoms with Crippen LogP contribution in [0.1, 0.15) is 19.8 Å². The van der Waals surface area contributed by atoms with Crippen molar-refractivity contribution in [2.45, 2.75) is 25.8 Å². The highest BCUT2D eigenvalue weighted by molar-refractivity contribution is 5.49. The Morgan fingerprint density at radius 1 is 1.26 bits per heavy atom. The molecule has 1 atom stereocenters. The van der Waals surface area contributed by atoms with Crippen LogP contribution < -0.4 is 15.4 Å². The van der Waals surface area contributed by atoms with E-state index in [9.17, 15) is 0 Å². The molecule has 106 valence electrons. The van der Waals surface area contributed by atoms with Crippen LogP contribution in [0.2, 0.25) is 0 Å². The van der Waals surface area contributed by atoms with Crippen LogP contribution in [0.5, 0.6) is 5.75 Å². The lowest BCUT2D eigenvalue weighted by Gasteiger charge is -2.32. The first-order chi connectivity index (χ1) is 9.29. The van der Waals surface area contributed by atoms with Gasteiger partial charge < -0.3 is 20.1 Å². The summed E-state index contributed by atoms with van der Waals surface area (Å²) in [6, 6.07) is 8.54. The summed E-state index contributed by atoms with van der Waals surface area (Å²) in [5.74, 6) is 0.893. The molecule has 1 unspecified atom stereocenters. The first-order valence-electron chi connectivity index (χ1n) is 7.10. The monoisotopic (exact) mass is 264 g/mol. The van der Waals surface area contributed by atoms with E-state index in [1.807, 2.05) is 19.1 Å². The van der Waals surface area contributed by atoms with Gasteiger partial charge in [0.25, 0.3) is 0 Å². The molecule has 0 spiro atoms. The molecule has 2 rings (SSSR count). The molecule has 0 amide bonds. The second-order valence-electron chi connectivity index (χ2n) is 4.89. The van der Waals surface area contributed by atoms with Gasteiger partial charge in [0.15, 0.2) is 0 Å². The van der Waals surface area contributed by atoms with Gasteiger partial charge in [0.05, 0.1) is 6.61 Å². The number of piperidine rings is 1. The number of hydrogen-bond acceptors (Lipinski definition) is 4. The minimum absolute atomic E-state index is 0.302. The summed E-state index contributed by atoms with van der Waals surface area (Å²) in [6.45, 7) is 6.00. The third-order valence-electron chi connectivity index (χ3n) is 3.36. The number of nitrogens with two attached hydrogens (primary N) is 1. The molecular formula is C15H24N2O2. The average molecular weight is 264 g/mol. The van der Waals surface area contributed by atoms with Crippen molar-refractivity contribution < 1.29 is 9.47 Å². The third kappa shape index (κ3) is 4.40. The first-order valence-corrected chi connectivity index (χ1v) is 7.10. The molecule has 0 aromatic heterocycles. The fraction of sp³-hybridized carbons (Fsp3) is 0.600. The minimum atomic E-state index is 0.302. The zero-order valence-corrected chi connectivity index (χ0v) is 11.7. The molecule has 1 aliphatic heterocycles. The Kier molecular flexibility index (Phi) is 5.48. The van der Waals surface area contributed by atoms with Gasteiger partial charge in [-0.2, -0.15) is 0 Å². The molecule has 0 bridgehead atoms. The van der Waals surface area contributed by atoms with Gasteiger partial charge in [-0.05, 0) is 44.0 Å². The summed E-state index contributed by atoms with van der Waals surface area (Å²) in [4.78, 5) is 2.35. The number of nitrogens with zero attached hydrogens (tertiary/aromatic N) is 1. The Morgan fingerprint density at radius 2 is 2.05 bits per heavy atom. The van der Waals surface area contributed by atoms with E-state index in [0.29, 0.717) is 19.3 Å². The van der Waals surface area contributed by atoms with Crippen molar-refractivity contribution in [1.29, 1.82) is 0 Å². The van der Waals surface area contributed by atoms with E-state index in [2.05, 4.69) is 17.0 Å². The van der Waals surface area contributed by atoms with Crippen LogP contribution in [0.25, 0.3) is 0 Å². The molecular weight excluding hydrogens is 240 g/mol. The summed E-state index contributed by atoms with van der Waals surface area (Å²) in [6.07, 6.45) is 2.31. The maximum atomic E-state index is 6.01. The van der Waals surface area contributed by atoms with E-state index in [4.69, 9.17) is 15.2 Å². The maximum Gasteiger partial charge on any atom is 0.119 e. The van der Waals surface area contributed by atoms with E-state index in [-0.39, 0.29) is 0 Å². The number of rotatable bonds is 6. The van der Waals surface area contributed by atoms with Gasteiger partial charge in [0, 0.05) is 31.4 Å². The molecule has 1 aliphatic rings. The zero-order valence-electron chi connectivity index (χ0n) is 11.7. The Hall–Kier alpha value is -1.26. The number of anilines is 1. The predicted molar refractivity (Wildman–Crippen MR) is 77.9 cm³/mol. The van der Waals surface area contributed by atoms with Crippen molar-refractivity contribution in [2.24, 2.45) is 5.73 Å². The molecule has 0 radical (unpaired) electrons. The normalized spacial score (nSPS) is 19.5. The Morgan fingerprint density at radius 3 is 2.74 bits per heavy atom. The first kappa shape index (κ1) is 14.2. The van der Waals surface area contributed by atoms with Gasteiger partial charge in [-0.25, -0.2) is 0 Å². The summed E-state index contributed by atoms with van der Waals surface area (Å²) in [7, 11) is 0. The van der Waals surface area contributed by atoms with Gasteiger partial charge in [0.2, 0.25) is 0 Å². The number of hydrogen-bond donors (Lipinski definition) is 1. The van der Waals surface area contributed by atoms with Crippen LogP contribution in [0.15, 0.2) is 24.3 Å². The van der Waals surface area contributed by atoms with Crippen LogP contribution in [0.3, 0.4) is 0 Å². The molecule has 0 saturated carbocycles. The van der Waals surface area contributed by atoms with Crippen LogP contribution in [-0.4, -0.2) is 39.0 Å². The quantitative estimate of drug-likeness (QED) is 0.799. The highest BCUT2D eigenvalue weighted by Crippen LogP contribution is 2.22. The predicted octanol–water partition coefficient (Wildman–Crippen LogP) is 2.03. The standard InChI is InChI=1S/C15H24N2O2/c1-2-18-10-11-19-15-7-5-14(6-8-15)17-9-3-4-13(16)12-17/h5-8,13H,2-4,9-12,16H2,1H3. The summed E-state index contributed by atoms with van der Waals surface area (Å²) in [5.41, 5.74) is 7.24. The smallest absolute Gasteiger partial charge is 0.119 e. The number of ether oxygens (including phenoxy) is 2. The third-order valence-corrected chi connectivity index (χ3v) is 3.36. The van der Waals surface area contributed by atoms with Crippen molar-refractivity contribution in [3.8, 4) is 5.75 Å². The van der Waals surface area contributed by atoms with E-state index in [1.165, 1.54) is 12.1 Å². The van der Waals surface area contributed by atoms with Crippen molar-refractivity contribution in [2.75, 3.05) is 37.8 Å². The SMILES string of the molecule is CCOCCOc1ccc(N2CCCC(N)C2)cc1. The van der Waals surface area contributed by atoms with E-state index in [0.717, 1.165) is 31.9 Å². The van der Waals surface area contributed by atoms with Gasteiger partial charge in [0.1, 0.15) is 12.4 Å². The molecule has 1 saturated heterocycles. The van der Waals surface area contributed by atoms with E-state index < -0.39 is 0 Å². The Balaban J connectivity index is 1.83. The van der Waals surface area contributed by atoms with E-state index in [1.54, 1.807) is 0 Å². The van der Waals surface area contributed by atoms with Crippen molar-refractivity contribution in [3.05, 3.63) is 24.3 Å². The molecule has 0 aliphatic carbocycles. The molecule has 1 heterocycles. The average Bonchev–Trinajstić information content (AvgIpc) is 2.44. The maximum absolute atomic E-state index is 6.01. The lowest BCUT2D eigenvalue weighted by atomic mass is 10.1. The largest absolute Gasteiger partial charge is 0.491 e. The molecule has 1 fully saturated rings. The molecule has 1 aromatic rings. The highest BCUT2D eigenvalue weighted by atomic mass is 16.5. The zero-order chi connectivity index (χ0) is 13.5. The lowest BCUT2D eigenvalue weighted by molar-refractivity contribution is 0.110. The van der Waals surface area contributed by atoms with Crippen molar-refractivity contribution in [1.82, 2.24) is 0 Å². The highest BCUT2D eigenvalue weighted by Gasteiger charge is 2.16. The van der Waals surface area contributed by atoms with E-state index >= 15 is 0 Å². The van der Waals surface area contributed by atoms with Crippen molar-refractivity contribution >= 4 is 5.69 Å². The topological polar surface area (TPSA) is 47.7 Å². The van der Waals surface area contributed by atoms with Gasteiger partial charge in [-0.3, -0.25) is 0 Å². The second kappa shape index (κ2) is 7.36. The molecule has 4 nitrogen and oxygen atoms in total. The minimum Gasteiger partial charge on any atom is -0.491 e. The summed E-state index contributed by atoms with van der Waals surface area (Å²) in [5, 5.41) is 0. The number of benzene rings is 1. The van der Waals surface area contributed by atoms with Crippen molar-refractivity contribution in [3.63, 3.8) is 0 Å². The van der Waals surface area contributed by atoms with Gasteiger partial charge >= 0.3 is 0 Å². The lowest BCUT2D eigenvalue weighted by Crippen LogP contribution is -2.42. The Bertz CT molecular complexity index is 367. The second-order valence-corrected chi connectivity index (χ2v) is 4.89.